The van der Waals surface area contributed by atoms with E-state index in [2.05, 4.69) is 15.5 Å². The molecule has 8 heteroatoms. The minimum atomic E-state index is -0.946. The van der Waals surface area contributed by atoms with Crippen LogP contribution in [0.1, 0.15) is 64.8 Å². The molecule has 8 nitrogen and oxygen atoms in total. The summed E-state index contributed by atoms with van der Waals surface area (Å²) in [6, 6.07) is -0.473. The number of hydrogen-bond acceptors (Lipinski definition) is 7. The summed E-state index contributed by atoms with van der Waals surface area (Å²) in [5, 5.41) is 16.5. The summed E-state index contributed by atoms with van der Waals surface area (Å²) in [6.45, 7) is 7.83. The Morgan fingerprint density at radius 1 is 1.43 bits per heavy atom. The molecule has 1 rings (SSSR count). The van der Waals surface area contributed by atoms with Crippen molar-refractivity contribution in [2.75, 3.05) is 6.54 Å². The minimum Gasteiger partial charge on any atom is -0.444 e. The molecule has 1 aromatic heterocycles. The molecule has 0 aliphatic carbocycles. The molecule has 4 N–H and O–H groups in total. The number of aryl methyl sites for hydroxylation is 1. The zero-order valence-electron chi connectivity index (χ0n) is 14.3. The van der Waals surface area contributed by atoms with E-state index in [1.165, 1.54) is 0 Å². The van der Waals surface area contributed by atoms with Crippen molar-refractivity contribution in [3.63, 3.8) is 0 Å². The van der Waals surface area contributed by atoms with E-state index in [1.807, 2.05) is 27.7 Å². The fraction of sp³-hybridized carbons (Fsp3) is 0.800. The van der Waals surface area contributed by atoms with Crippen LogP contribution in [-0.4, -0.2) is 39.5 Å². The number of amides is 1. The van der Waals surface area contributed by atoms with Gasteiger partial charge in [-0.2, -0.15) is 4.98 Å². The van der Waals surface area contributed by atoms with Gasteiger partial charge in [0.1, 0.15) is 11.7 Å². The van der Waals surface area contributed by atoms with Gasteiger partial charge >= 0.3 is 6.09 Å². The lowest BCUT2D eigenvalue weighted by molar-refractivity contribution is 0.0526. The lowest BCUT2D eigenvalue weighted by Gasteiger charge is -2.19. The highest BCUT2D eigenvalue weighted by Gasteiger charge is 2.22. The first-order chi connectivity index (χ1) is 10.7. The summed E-state index contributed by atoms with van der Waals surface area (Å²) in [4.78, 5) is 15.5. The number of rotatable bonds is 8. The molecule has 0 saturated carbocycles. The van der Waals surface area contributed by atoms with Crippen molar-refractivity contribution in [2.24, 2.45) is 5.73 Å². The zero-order valence-corrected chi connectivity index (χ0v) is 14.3. The second kappa shape index (κ2) is 8.83. The molecule has 0 bridgehead atoms. The average Bonchev–Trinajstić information content (AvgIpc) is 2.92. The average molecular weight is 328 g/mol. The molecule has 132 valence electrons. The van der Waals surface area contributed by atoms with Crippen molar-refractivity contribution in [3.8, 4) is 0 Å². The molecular formula is C15H28N4O4. The fourth-order valence-corrected chi connectivity index (χ4v) is 1.89. The predicted octanol–water partition coefficient (Wildman–Crippen LogP) is 1.69. The van der Waals surface area contributed by atoms with E-state index < -0.39 is 23.8 Å². The highest BCUT2D eigenvalue weighted by molar-refractivity contribution is 5.67. The standard InChI is InChI=1S/C15H28N4O4/c1-5-11-18-13(19-23-11)12(20)10(16)8-6-7-9-17-14(21)22-15(2,3)4/h10,12,20H,5-9,16H2,1-4H3,(H,17,21). The highest BCUT2D eigenvalue weighted by Crippen LogP contribution is 2.16. The van der Waals surface area contributed by atoms with E-state index in [9.17, 15) is 9.90 Å². The maximum atomic E-state index is 11.5. The van der Waals surface area contributed by atoms with Gasteiger partial charge in [-0.15, -0.1) is 0 Å². The van der Waals surface area contributed by atoms with E-state index >= 15 is 0 Å². The predicted molar refractivity (Wildman–Crippen MR) is 84.7 cm³/mol. The maximum absolute atomic E-state index is 11.5. The molecular weight excluding hydrogens is 300 g/mol. The third kappa shape index (κ3) is 7.43. The van der Waals surface area contributed by atoms with Crippen LogP contribution in [0.3, 0.4) is 0 Å². The van der Waals surface area contributed by atoms with Gasteiger partial charge in [0.05, 0.1) is 0 Å². The van der Waals surface area contributed by atoms with Gasteiger partial charge in [-0.1, -0.05) is 18.5 Å². The van der Waals surface area contributed by atoms with Crippen molar-refractivity contribution in [2.45, 2.75) is 71.1 Å². The fourth-order valence-electron chi connectivity index (χ4n) is 1.89. The zero-order chi connectivity index (χ0) is 17.5. The Labute approximate surface area is 136 Å². The van der Waals surface area contributed by atoms with Crippen molar-refractivity contribution < 1.29 is 19.2 Å². The van der Waals surface area contributed by atoms with Crippen LogP contribution in [0.2, 0.25) is 0 Å². The number of nitrogens with one attached hydrogen (secondary N) is 1. The van der Waals surface area contributed by atoms with Crippen LogP contribution in [0.15, 0.2) is 4.52 Å². The molecule has 1 aromatic rings. The number of aromatic nitrogens is 2. The van der Waals surface area contributed by atoms with Crippen LogP contribution in [0.4, 0.5) is 4.79 Å². The van der Waals surface area contributed by atoms with Crippen LogP contribution < -0.4 is 11.1 Å². The third-order valence-corrected chi connectivity index (χ3v) is 3.09. The summed E-state index contributed by atoms with van der Waals surface area (Å²) < 4.78 is 10.1. The van der Waals surface area contributed by atoms with Gasteiger partial charge in [-0.3, -0.25) is 0 Å². The van der Waals surface area contributed by atoms with Crippen molar-refractivity contribution in [1.29, 1.82) is 0 Å². The number of aliphatic hydroxyl groups excluding tert-OH is 1. The van der Waals surface area contributed by atoms with Crippen LogP contribution in [0.5, 0.6) is 0 Å². The first kappa shape index (κ1) is 19.4. The quantitative estimate of drug-likeness (QED) is 0.620. The topological polar surface area (TPSA) is 124 Å². The van der Waals surface area contributed by atoms with Gasteiger partial charge in [-0.25, -0.2) is 4.79 Å². The van der Waals surface area contributed by atoms with Crippen LogP contribution >= 0.6 is 0 Å². The summed E-state index contributed by atoms with van der Waals surface area (Å²) in [5.41, 5.74) is 5.44. The molecule has 0 aliphatic rings. The Morgan fingerprint density at radius 3 is 2.70 bits per heavy atom. The number of nitrogens with two attached hydrogens (primary N) is 1. The Bertz CT molecular complexity index is 484. The SMILES string of the molecule is CCc1nc(C(O)C(N)CCCCNC(=O)OC(C)(C)C)no1. The number of nitrogens with zero attached hydrogens (tertiary/aromatic N) is 2. The summed E-state index contributed by atoms with van der Waals surface area (Å²) in [6.07, 6.45) is 1.33. The van der Waals surface area contributed by atoms with E-state index in [0.717, 1.165) is 12.8 Å². The van der Waals surface area contributed by atoms with Gasteiger partial charge in [-0.05, 0) is 33.6 Å². The minimum absolute atomic E-state index is 0.223. The normalized spacial score (nSPS) is 14.3. The Balaban J connectivity index is 2.21. The molecule has 1 heterocycles. The molecule has 0 fully saturated rings. The smallest absolute Gasteiger partial charge is 0.407 e. The maximum Gasteiger partial charge on any atom is 0.407 e. The van der Waals surface area contributed by atoms with Gasteiger partial charge in [0.25, 0.3) is 0 Å². The Hall–Kier alpha value is -1.67. The van der Waals surface area contributed by atoms with E-state index in [-0.39, 0.29) is 5.82 Å². The molecule has 0 aromatic carbocycles. The first-order valence-electron chi connectivity index (χ1n) is 7.96. The largest absolute Gasteiger partial charge is 0.444 e. The monoisotopic (exact) mass is 328 g/mol. The number of ether oxygens (including phenoxy) is 1. The number of unbranched alkanes of at least 4 members (excludes halogenated alkanes) is 1. The van der Waals surface area contributed by atoms with Crippen LogP contribution in [0, 0.1) is 0 Å². The van der Waals surface area contributed by atoms with Crippen molar-refractivity contribution in [1.82, 2.24) is 15.5 Å². The van der Waals surface area contributed by atoms with Gasteiger partial charge in [0, 0.05) is 19.0 Å². The molecule has 0 aliphatic heterocycles. The Kier molecular flexibility index (Phi) is 7.44. The summed E-state index contributed by atoms with van der Waals surface area (Å²) >= 11 is 0. The molecule has 0 radical (unpaired) electrons. The number of aliphatic hydroxyl groups is 1. The Morgan fingerprint density at radius 2 is 2.13 bits per heavy atom. The highest BCUT2D eigenvalue weighted by atomic mass is 16.6. The molecule has 0 saturated heterocycles. The van der Waals surface area contributed by atoms with E-state index in [0.29, 0.717) is 25.3 Å². The van der Waals surface area contributed by atoms with Crippen LogP contribution in [-0.2, 0) is 11.2 Å². The molecule has 1 amide bonds. The van der Waals surface area contributed by atoms with Crippen molar-refractivity contribution in [3.05, 3.63) is 11.7 Å². The number of carbonyl (C=O) groups is 1. The van der Waals surface area contributed by atoms with Crippen molar-refractivity contribution >= 4 is 6.09 Å². The van der Waals surface area contributed by atoms with Crippen LogP contribution in [0.25, 0.3) is 0 Å². The second-order valence-electron chi connectivity index (χ2n) is 6.43. The molecule has 2 atom stereocenters. The van der Waals surface area contributed by atoms with Gasteiger partial charge in [0.2, 0.25) is 11.7 Å². The first-order valence-corrected chi connectivity index (χ1v) is 7.96. The van der Waals surface area contributed by atoms with Gasteiger partial charge < -0.3 is 25.4 Å². The second-order valence-corrected chi connectivity index (χ2v) is 6.43. The molecule has 0 spiro atoms. The number of hydrogen-bond donors (Lipinski definition) is 3. The molecule has 2 unspecified atom stereocenters. The van der Waals surface area contributed by atoms with Gasteiger partial charge in [0.15, 0.2) is 0 Å². The lowest BCUT2D eigenvalue weighted by atomic mass is 10.0. The number of alkyl carbamates (subject to hydrolysis) is 1. The van der Waals surface area contributed by atoms with E-state index in [1.54, 1.807) is 0 Å². The summed E-state index contributed by atoms with van der Waals surface area (Å²) in [5.74, 6) is 0.703. The number of carbonyl (C=O) groups excluding carboxylic acids is 1. The van der Waals surface area contributed by atoms with E-state index in [4.69, 9.17) is 15.0 Å². The third-order valence-electron chi connectivity index (χ3n) is 3.09. The molecule has 23 heavy (non-hydrogen) atoms. The summed E-state index contributed by atoms with van der Waals surface area (Å²) in [7, 11) is 0. The lowest BCUT2D eigenvalue weighted by Crippen LogP contribution is -2.33.